The molecule has 130 valence electrons. The summed E-state index contributed by atoms with van der Waals surface area (Å²) in [4.78, 5) is 23.0. The van der Waals surface area contributed by atoms with E-state index in [1.54, 1.807) is 19.1 Å². The first-order valence-corrected chi connectivity index (χ1v) is 8.52. The van der Waals surface area contributed by atoms with E-state index in [0.29, 0.717) is 23.9 Å². The second kappa shape index (κ2) is 7.79. The van der Waals surface area contributed by atoms with E-state index in [-0.39, 0.29) is 5.91 Å². The fraction of sp³-hybridized carbons (Fsp3) is 0.316. The molecule has 6 nitrogen and oxygen atoms in total. The van der Waals surface area contributed by atoms with Crippen LogP contribution in [-0.4, -0.2) is 35.5 Å². The van der Waals surface area contributed by atoms with Gasteiger partial charge in [0.05, 0.1) is 0 Å². The Labute approximate surface area is 148 Å². The SMILES string of the molecule is C=CCNC(=O)c1cc(Nc2ccc(N3CCCC3)cc2)nc(C)n1. The summed E-state index contributed by atoms with van der Waals surface area (Å²) in [6, 6.07) is 9.93. The molecule has 1 aromatic heterocycles. The average molecular weight is 337 g/mol. The molecule has 1 saturated heterocycles. The van der Waals surface area contributed by atoms with Crippen molar-refractivity contribution in [2.75, 3.05) is 29.9 Å². The first-order valence-electron chi connectivity index (χ1n) is 8.52. The lowest BCUT2D eigenvalue weighted by Gasteiger charge is -2.18. The minimum Gasteiger partial charge on any atom is -0.372 e. The number of hydrogen-bond donors (Lipinski definition) is 2. The molecule has 1 fully saturated rings. The zero-order chi connectivity index (χ0) is 17.6. The second-order valence-corrected chi connectivity index (χ2v) is 6.05. The summed E-state index contributed by atoms with van der Waals surface area (Å²) in [6.45, 7) is 8.02. The molecule has 1 amide bonds. The maximum absolute atomic E-state index is 12.1. The summed E-state index contributed by atoms with van der Waals surface area (Å²) in [7, 11) is 0. The highest BCUT2D eigenvalue weighted by Gasteiger charge is 2.12. The van der Waals surface area contributed by atoms with Gasteiger partial charge in [-0.1, -0.05) is 6.08 Å². The molecule has 2 N–H and O–H groups in total. The minimum atomic E-state index is -0.238. The van der Waals surface area contributed by atoms with Gasteiger partial charge in [0.1, 0.15) is 17.3 Å². The van der Waals surface area contributed by atoms with Gasteiger partial charge in [-0.25, -0.2) is 9.97 Å². The molecule has 1 aromatic carbocycles. The van der Waals surface area contributed by atoms with Crippen molar-refractivity contribution in [3.8, 4) is 0 Å². The third-order valence-electron chi connectivity index (χ3n) is 4.09. The Bertz CT molecular complexity index is 751. The normalized spacial score (nSPS) is 13.6. The summed E-state index contributed by atoms with van der Waals surface area (Å²) in [5.41, 5.74) is 2.51. The van der Waals surface area contributed by atoms with Gasteiger partial charge in [-0.3, -0.25) is 4.79 Å². The molecule has 2 heterocycles. The molecule has 1 aliphatic heterocycles. The van der Waals surface area contributed by atoms with Crippen molar-refractivity contribution in [1.82, 2.24) is 15.3 Å². The van der Waals surface area contributed by atoms with Crippen LogP contribution in [0.2, 0.25) is 0 Å². The summed E-state index contributed by atoms with van der Waals surface area (Å²) in [5, 5.41) is 5.97. The Hall–Kier alpha value is -2.89. The highest BCUT2D eigenvalue weighted by atomic mass is 16.1. The lowest BCUT2D eigenvalue weighted by atomic mass is 10.2. The van der Waals surface area contributed by atoms with Crippen LogP contribution in [0.3, 0.4) is 0 Å². The monoisotopic (exact) mass is 337 g/mol. The topological polar surface area (TPSA) is 70.2 Å². The van der Waals surface area contributed by atoms with Crippen molar-refractivity contribution < 1.29 is 4.79 Å². The number of benzene rings is 1. The number of nitrogens with zero attached hydrogens (tertiary/aromatic N) is 3. The average Bonchev–Trinajstić information content (AvgIpc) is 3.14. The number of aryl methyl sites for hydroxylation is 1. The molecule has 0 atom stereocenters. The zero-order valence-corrected chi connectivity index (χ0v) is 14.5. The first-order chi connectivity index (χ1) is 12.2. The molecule has 0 bridgehead atoms. The Morgan fingerprint density at radius 1 is 1.24 bits per heavy atom. The van der Waals surface area contributed by atoms with Crippen molar-refractivity contribution in [3.63, 3.8) is 0 Å². The predicted molar refractivity (Wildman–Crippen MR) is 100 cm³/mol. The van der Waals surface area contributed by atoms with Crippen molar-refractivity contribution in [3.05, 3.63) is 54.5 Å². The van der Waals surface area contributed by atoms with E-state index in [1.165, 1.54) is 18.5 Å². The fourth-order valence-electron chi connectivity index (χ4n) is 2.88. The summed E-state index contributed by atoms with van der Waals surface area (Å²) < 4.78 is 0. The van der Waals surface area contributed by atoms with Crippen LogP contribution >= 0.6 is 0 Å². The Balaban J connectivity index is 1.72. The molecular weight excluding hydrogens is 314 g/mol. The van der Waals surface area contributed by atoms with Crippen LogP contribution in [0, 0.1) is 6.92 Å². The summed E-state index contributed by atoms with van der Waals surface area (Å²) in [6.07, 6.45) is 4.15. The molecule has 25 heavy (non-hydrogen) atoms. The van der Waals surface area contributed by atoms with Crippen molar-refractivity contribution in [2.24, 2.45) is 0 Å². The Morgan fingerprint density at radius 2 is 1.96 bits per heavy atom. The third-order valence-corrected chi connectivity index (χ3v) is 4.09. The van der Waals surface area contributed by atoms with Gasteiger partial charge >= 0.3 is 0 Å². The van der Waals surface area contributed by atoms with Crippen molar-refractivity contribution in [2.45, 2.75) is 19.8 Å². The maximum atomic E-state index is 12.1. The first kappa shape index (κ1) is 17.0. The van der Waals surface area contributed by atoms with Gasteiger partial charge in [-0.05, 0) is 44.0 Å². The standard InChI is InChI=1S/C19H23N5O/c1-3-10-20-19(25)17-13-18(22-14(2)21-17)23-15-6-8-16(9-7-15)24-11-4-5-12-24/h3,6-9,13H,1,4-5,10-12H2,2H3,(H,20,25)(H,21,22,23). The van der Waals surface area contributed by atoms with Gasteiger partial charge in [-0.15, -0.1) is 6.58 Å². The van der Waals surface area contributed by atoms with E-state index in [0.717, 1.165) is 18.8 Å². The second-order valence-electron chi connectivity index (χ2n) is 6.05. The Kier molecular flexibility index (Phi) is 5.28. The van der Waals surface area contributed by atoms with Gasteiger partial charge in [0.2, 0.25) is 0 Å². The third kappa shape index (κ3) is 4.35. The van der Waals surface area contributed by atoms with E-state index in [1.807, 2.05) is 12.1 Å². The Morgan fingerprint density at radius 3 is 2.64 bits per heavy atom. The largest absolute Gasteiger partial charge is 0.372 e. The molecule has 0 spiro atoms. The van der Waals surface area contributed by atoms with Crippen LogP contribution in [0.25, 0.3) is 0 Å². The predicted octanol–water partition coefficient (Wildman–Crippen LogP) is 3.04. The van der Waals surface area contributed by atoms with Crippen LogP contribution < -0.4 is 15.5 Å². The molecule has 0 saturated carbocycles. The molecule has 3 rings (SSSR count). The van der Waals surface area contributed by atoms with Crippen LogP contribution in [0.1, 0.15) is 29.2 Å². The van der Waals surface area contributed by atoms with Crippen LogP contribution in [0.15, 0.2) is 43.0 Å². The quantitative estimate of drug-likeness (QED) is 0.793. The van der Waals surface area contributed by atoms with Gasteiger partial charge in [-0.2, -0.15) is 0 Å². The van der Waals surface area contributed by atoms with E-state index in [4.69, 9.17) is 0 Å². The van der Waals surface area contributed by atoms with Gasteiger partial charge in [0.15, 0.2) is 0 Å². The van der Waals surface area contributed by atoms with E-state index >= 15 is 0 Å². The van der Waals surface area contributed by atoms with Crippen LogP contribution in [0.5, 0.6) is 0 Å². The van der Waals surface area contributed by atoms with Crippen molar-refractivity contribution >= 4 is 23.1 Å². The van der Waals surface area contributed by atoms with E-state index in [2.05, 4.69) is 44.2 Å². The number of anilines is 3. The minimum absolute atomic E-state index is 0.238. The highest BCUT2D eigenvalue weighted by molar-refractivity contribution is 5.93. The lowest BCUT2D eigenvalue weighted by molar-refractivity contribution is 0.0952. The number of carbonyl (C=O) groups excluding carboxylic acids is 1. The maximum Gasteiger partial charge on any atom is 0.270 e. The van der Waals surface area contributed by atoms with Crippen LogP contribution in [-0.2, 0) is 0 Å². The number of aromatic nitrogens is 2. The highest BCUT2D eigenvalue weighted by Crippen LogP contribution is 2.23. The number of rotatable bonds is 6. The lowest BCUT2D eigenvalue weighted by Crippen LogP contribution is -2.24. The zero-order valence-electron chi connectivity index (χ0n) is 14.5. The molecular formula is C19H23N5O. The number of amides is 1. The smallest absolute Gasteiger partial charge is 0.270 e. The van der Waals surface area contributed by atoms with Gasteiger partial charge in [0.25, 0.3) is 5.91 Å². The summed E-state index contributed by atoms with van der Waals surface area (Å²) in [5.74, 6) is 0.908. The number of nitrogens with one attached hydrogen (secondary N) is 2. The van der Waals surface area contributed by atoms with E-state index in [9.17, 15) is 4.79 Å². The molecule has 0 unspecified atom stereocenters. The van der Waals surface area contributed by atoms with Crippen molar-refractivity contribution in [1.29, 1.82) is 0 Å². The molecule has 0 aliphatic carbocycles. The van der Waals surface area contributed by atoms with Crippen LogP contribution in [0.4, 0.5) is 17.2 Å². The molecule has 2 aromatic rings. The van der Waals surface area contributed by atoms with Gasteiger partial charge < -0.3 is 15.5 Å². The molecule has 6 heteroatoms. The van der Waals surface area contributed by atoms with E-state index < -0.39 is 0 Å². The van der Waals surface area contributed by atoms with Gasteiger partial charge in [0, 0.05) is 37.1 Å². The molecule has 0 radical (unpaired) electrons. The number of carbonyl (C=O) groups is 1. The number of hydrogen-bond acceptors (Lipinski definition) is 5. The summed E-state index contributed by atoms with van der Waals surface area (Å²) >= 11 is 0. The fourth-order valence-corrected chi connectivity index (χ4v) is 2.88. The molecule has 1 aliphatic rings.